The van der Waals surface area contributed by atoms with Crippen LogP contribution in [0.2, 0.25) is 0 Å². The van der Waals surface area contributed by atoms with Crippen LogP contribution in [0.5, 0.6) is 0 Å². The Morgan fingerprint density at radius 1 is 1.60 bits per heavy atom. The standard InChI is InChI=1S/C10H17N3O2/c1-13-7-8(6-12-13)4-9(11)5-10-14-2-3-15-10/h6-7,9-10H,2-5,11H2,1H3. The van der Waals surface area contributed by atoms with E-state index in [9.17, 15) is 0 Å². The van der Waals surface area contributed by atoms with Gasteiger partial charge >= 0.3 is 0 Å². The molecule has 5 heteroatoms. The first kappa shape index (κ1) is 10.6. The van der Waals surface area contributed by atoms with E-state index in [4.69, 9.17) is 15.2 Å². The zero-order valence-electron chi connectivity index (χ0n) is 8.93. The van der Waals surface area contributed by atoms with Crippen LogP contribution < -0.4 is 5.73 Å². The summed E-state index contributed by atoms with van der Waals surface area (Å²) in [6.45, 7) is 1.37. The molecule has 1 aromatic rings. The summed E-state index contributed by atoms with van der Waals surface area (Å²) < 4.78 is 12.5. The van der Waals surface area contributed by atoms with E-state index in [2.05, 4.69) is 5.10 Å². The van der Waals surface area contributed by atoms with E-state index < -0.39 is 0 Å². The SMILES string of the molecule is Cn1cc(CC(N)CC2OCCO2)cn1. The van der Waals surface area contributed by atoms with Crippen LogP contribution in [0.3, 0.4) is 0 Å². The highest BCUT2D eigenvalue weighted by atomic mass is 16.7. The van der Waals surface area contributed by atoms with Crippen LogP contribution in [-0.4, -0.2) is 35.3 Å². The normalized spacial score (nSPS) is 19.6. The predicted molar refractivity (Wildman–Crippen MR) is 55.2 cm³/mol. The molecule has 2 heterocycles. The first-order chi connectivity index (χ1) is 7.24. The molecule has 0 bridgehead atoms. The van der Waals surface area contributed by atoms with Crippen molar-refractivity contribution in [2.45, 2.75) is 25.2 Å². The molecule has 0 aromatic carbocycles. The summed E-state index contributed by atoms with van der Waals surface area (Å²) >= 11 is 0. The third kappa shape index (κ3) is 3.02. The molecule has 1 fully saturated rings. The average Bonchev–Trinajstić information content (AvgIpc) is 2.77. The number of hydrogen-bond acceptors (Lipinski definition) is 4. The Hall–Kier alpha value is -0.910. The second-order valence-electron chi connectivity index (χ2n) is 3.89. The van der Waals surface area contributed by atoms with Gasteiger partial charge in [0.1, 0.15) is 0 Å². The van der Waals surface area contributed by atoms with Crippen molar-refractivity contribution in [2.24, 2.45) is 12.8 Å². The number of rotatable bonds is 4. The van der Waals surface area contributed by atoms with E-state index in [0.29, 0.717) is 13.2 Å². The van der Waals surface area contributed by atoms with Gasteiger partial charge in [0.2, 0.25) is 0 Å². The first-order valence-electron chi connectivity index (χ1n) is 5.20. The van der Waals surface area contributed by atoms with Crippen LogP contribution in [-0.2, 0) is 22.9 Å². The second-order valence-corrected chi connectivity index (χ2v) is 3.89. The number of nitrogens with two attached hydrogens (primary N) is 1. The van der Waals surface area contributed by atoms with Gasteiger partial charge in [0.25, 0.3) is 0 Å². The van der Waals surface area contributed by atoms with Crippen molar-refractivity contribution in [2.75, 3.05) is 13.2 Å². The molecule has 0 amide bonds. The van der Waals surface area contributed by atoms with Crippen LogP contribution in [0.15, 0.2) is 12.4 Å². The Morgan fingerprint density at radius 2 is 2.33 bits per heavy atom. The highest BCUT2D eigenvalue weighted by Crippen LogP contribution is 2.12. The fraction of sp³-hybridized carbons (Fsp3) is 0.700. The number of ether oxygens (including phenoxy) is 2. The molecular weight excluding hydrogens is 194 g/mol. The van der Waals surface area contributed by atoms with E-state index in [1.54, 1.807) is 4.68 Å². The van der Waals surface area contributed by atoms with Crippen LogP contribution in [0.25, 0.3) is 0 Å². The molecule has 0 aliphatic carbocycles. The number of aromatic nitrogens is 2. The van der Waals surface area contributed by atoms with Gasteiger partial charge in [-0.3, -0.25) is 4.68 Å². The molecule has 1 aliphatic rings. The summed E-state index contributed by atoms with van der Waals surface area (Å²) in [6, 6.07) is 0.0669. The maximum Gasteiger partial charge on any atom is 0.159 e. The third-order valence-electron chi connectivity index (χ3n) is 2.44. The van der Waals surface area contributed by atoms with Crippen molar-refractivity contribution in [1.29, 1.82) is 0 Å². The van der Waals surface area contributed by atoms with Gasteiger partial charge in [-0.25, -0.2) is 0 Å². The topological polar surface area (TPSA) is 62.3 Å². The van der Waals surface area contributed by atoms with E-state index in [0.717, 1.165) is 18.4 Å². The highest BCUT2D eigenvalue weighted by molar-refractivity contribution is 5.05. The Bertz CT molecular complexity index is 307. The molecule has 0 saturated carbocycles. The summed E-state index contributed by atoms with van der Waals surface area (Å²) in [5.74, 6) is 0. The molecule has 1 saturated heterocycles. The van der Waals surface area contributed by atoms with Crippen LogP contribution in [0.1, 0.15) is 12.0 Å². The summed E-state index contributed by atoms with van der Waals surface area (Å²) in [5.41, 5.74) is 7.15. The third-order valence-corrected chi connectivity index (χ3v) is 2.44. The lowest BCUT2D eigenvalue weighted by atomic mass is 10.1. The van der Waals surface area contributed by atoms with Gasteiger partial charge in [0, 0.05) is 25.7 Å². The molecule has 2 rings (SSSR count). The van der Waals surface area contributed by atoms with Gasteiger partial charge in [0.05, 0.1) is 19.4 Å². The zero-order valence-corrected chi connectivity index (χ0v) is 8.93. The molecule has 5 nitrogen and oxygen atoms in total. The van der Waals surface area contributed by atoms with E-state index >= 15 is 0 Å². The lowest BCUT2D eigenvalue weighted by Crippen LogP contribution is -2.28. The molecule has 84 valence electrons. The molecule has 0 radical (unpaired) electrons. The number of hydrogen-bond donors (Lipinski definition) is 1. The van der Waals surface area contributed by atoms with Gasteiger partial charge in [-0.15, -0.1) is 0 Å². The second kappa shape index (κ2) is 4.74. The summed E-state index contributed by atoms with van der Waals surface area (Å²) in [6.07, 6.45) is 5.27. The first-order valence-corrected chi connectivity index (χ1v) is 5.20. The van der Waals surface area contributed by atoms with E-state index in [1.807, 2.05) is 19.4 Å². The largest absolute Gasteiger partial charge is 0.350 e. The molecular formula is C10H17N3O2. The minimum atomic E-state index is -0.114. The van der Waals surface area contributed by atoms with Crippen molar-refractivity contribution in [1.82, 2.24) is 9.78 Å². The Labute approximate surface area is 89.2 Å². The number of nitrogens with zero attached hydrogens (tertiary/aromatic N) is 2. The van der Waals surface area contributed by atoms with Crippen molar-refractivity contribution in [3.8, 4) is 0 Å². The molecule has 1 atom stereocenters. The van der Waals surface area contributed by atoms with Crippen molar-refractivity contribution < 1.29 is 9.47 Å². The predicted octanol–water partition coefficient (Wildman–Crippen LogP) is 0.0529. The summed E-state index contributed by atoms with van der Waals surface area (Å²) in [7, 11) is 1.90. The fourth-order valence-electron chi connectivity index (χ4n) is 1.75. The lowest BCUT2D eigenvalue weighted by Gasteiger charge is -2.14. The molecule has 2 N–H and O–H groups in total. The van der Waals surface area contributed by atoms with Crippen LogP contribution in [0.4, 0.5) is 0 Å². The molecule has 1 unspecified atom stereocenters. The maximum atomic E-state index is 6.00. The fourth-order valence-corrected chi connectivity index (χ4v) is 1.75. The monoisotopic (exact) mass is 211 g/mol. The number of aryl methyl sites for hydroxylation is 1. The molecule has 15 heavy (non-hydrogen) atoms. The molecule has 0 spiro atoms. The Kier molecular flexibility index (Phi) is 3.35. The summed E-state index contributed by atoms with van der Waals surface area (Å²) in [5, 5.41) is 4.10. The minimum absolute atomic E-state index is 0.0669. The quantitative estimate of drug-likeness (QED) is 0.764. The Morgan fingerprint density at radius 3 is 2.93 bits per heavy atom. The van der Waals surface area contributed by atoms with Crippen molar-refractivity contribution in [3.05, 3.63) is 18.0 Å². The lowest BCUT2D eigenvalue weighted by molar-refractivity contribution is -0.0504. The van der Waals surface area contributed by atoms with Crippen molar-refractivity contribution in [3.63, 3.8) is 0 Å². The van der Waals surface area contributed by atoms with Crippen molar-refractivity contribution >= 4 is 0 Å². The van der Waals surface area contributed by atoms with Gasteiger partial charge < -0.3 is 15.2 Å². The highest BCUT2D eigenvalue weighted by Gasteiger charge is 2.19. The zero-order chi connectivity index (χ0) is 10.7. The van der Waals surface area contributed by atoms with Gasteiger partial charge in [-0.2, -0.15) is 5.10 Å². The average molecular weight is 211 g/mol. The van der Waals surface area contributed by atoms with Gasteiger partial charge in [0.15, 0.2) is 6.29 Å². The minimum Gasteiger partial charge on any atom is -0.350 e. The van der Waals surface area contributed by atoms with Gasteiger partial charge in [-0.05, 0) is 12.0 Å². The maximum absolute atomic E-state index is 6.00. The van der Waals surface area contributed by atoms with Gasteiger partial charge in [-0.1, -0.05) is 0 Å². The van der Waals surface area contributed by atoms with E-state index in [1.165, 1.54) is 0 Å². The van der Waals surface area contributed by atoms with Crippen LogP contribution >= 0.6 is 0 Å². The molecule has 1 aromatic heterocycles. The summed E-state index contributed by atoms with van der Waals surface area (Å²) in [4.78, 5) is 0. The molecule has 1 aliphatic heterocycles. The van der Waals surface area contributed by atoms with Crippen LogP contribution in [0, 0.1) is 0 Å². The van der Waals surface area contributed by atoms with E-state index in [-0.39, 0.29) is 12.3 Å². The smallest absolute Gasteiger partial charge is 0.159 e. The Balaban J connectivity index is 1.78.